The van der Waals surface area contributed by atoms with Gasteiger partial charge >= 0.3 is 0 Å². The molecule has 3 N–H and O–H groups in total. The van der Waals surface area contributed by atoms with Crippen LogP contribution in [0.5, 0.6) is 0 Å². The highest BCUT2D eigenvalue weighted by atomic mass is 16.2. The molecule has 0 bridgehead atoms. The number of likely N-dealkylation sites (N-methyl/N-ethyl adjacent to an activating group) is 1. The number of primary amides is 1. The predicted molar refractivity (Wildman–Crippen MR) is 110 cm³/mol. The Kier molecular flexibility index (Phi) is 6.39. The van der Waals surface area contributed by atoms with Gasteiger partial charge in [-0.1, -0.05) is 45.0 Å². The summed E-state index contributed by atoms with van der Waals surface area (Å²) < 4.78 is 0. The predicted octanol–water partition coefficient (Wildman–Crippen LogP) is 3.54. The summed E-state index contributed by atoms with van der Waals surface area (Å²) in [6.07, 6.45) is 0. The number of hydrogen-bond acceptors (Lipinski definition) is 3. The molecule has 0 saturated heterocycles. The van der Waals surface area contributed by atoms with E-state index >= 15 is 0 Å². The van der Waals surface area contributed by atoms with Crippen LogP contribution in [0.4, 0.5) is 5.69 Å². The molecule has 0 aromatic heterocycles. The molecule has 5 heteroatoms. The molecule has 2 rings (SSSR count). The van der Waals surface area contributed by atoms with Crippen molar-refractivity contribution in [3.63, 3.8) is 0 Å². The minimum absolute atomic E-state index is 0.101. The maximum Gasteiger partial charge on any atom is 0.248 e. The second kappa shape index (κ2) is 8.35. The van der Waals surface area contributed by atoms with Gasteiger partial charge < -0.3 is 11.1 Å². The van der Waals surface area contributed by atoms with Crippen molar-refractivity contribution in [3.8, 4) is 0 Å². The molecule has 0 saturated carbocycles. The summed E-state index contributed by atoms with van der Waals surface area (Å²) in [5, 5.41) is 2.87. The number of amides is 2. The lowest BCUT2D eigenvalue weighted by atomic mass is 9.87. The highest BCUT2D eigenvalue weighted by molar-refractivity contribution is 5.96. The number of carbonyl (C=O) groups is 2. The van der Waals surface area contributed by atoms with Gasteiger partial charge in [-0.05, 0) is 54.8 Å². The SMILES string of the molecule is C[C@H](C(=O)Nc1ccc(C(N)=O)cc1)N(C)Cc1ccc(C(C)(C)C)cc1. The van der Waals surface area contributed by atoms with Gasteiger partial charge in [0.05, 0.1) is 6.04 Å². The van der Waals surface area contributed by atoms with Gasteiger partial charge in [-0.2, -0.15) is 0 Å². The second-order valence-electron chi connectivity index (χ2n) is 7.97. The van der Waals surface area contributed by atoms with E-state index in [2.05, 4.69) is 50.4 Å². The lowest BCUT2D eigenvalue weighted by Crippen LogP contribution is -2.39. The normalized spacial score (nSPS) is 12.7. The Hall–Kier alpha value is -2.66. The van der Waals surface area contributed by atoms with Crippen LogP contribution in [-0.2, 0) is 16.8 Å². The number of nitrogens with zero attached hydrogens (tertiary/aromatic N) is 1. The zero-order valence-corrected chi connectivity index (χ0v) is 16.7. The van der Waals surface area contributed by atoms with E-state index in [1.807, 2.05) is 18.9 Å². The second-order valence-corrected chi connectivity index (χ2v) is 7.97. The molecule has 27 heavy (non-hydrogen) atoms. The first-order valence-corrected chi connectivity index (χ1v) is 9.08. The van der Waals surface area contributed by atoms with E-state index in [1.165, 1.54) is 5.56 Å². The van der Waals surface area contributed by atoms with E-state index in [0.717, 1.165) is 5.56 Å². The van der Waals surface area contributed by atoms with E-state index in [9.17, 15) is 9.59 Å². The monoisotopic (exact) mass is 367 g/mol. The Morgan fingerprint density at radius 2 is 1.59 bits per heavy atom. The third-order valence-electron chi connectivity index (χ3n) is 4.73. The van der Waals surface area contributed by atoms with Crippen LogP contribution in [0.25, 0.3) is 0 Å². The number of nitrogens with two attached hydrogens (primary N) is 1. The van der Waals surface area contributed by atoms with Gasteiger partial charge in [0.1, 0.15) is 0 Å². The number of rotatable bonds is 6. The summed E-state index contributed by atoms with van der Waals surface area (Å²) in [5.74, 6) is -0.589. The van der Waals surface area contributed by atoms with Crippen molar-refractivity contribution in [2.45, 2.75) is 45.7 Å². The summed E-state index contributed by atoms with van der Waals surface area (Å²) in [6.45, 7) is 9.12. The molecule has 144 valence electrons. The van der Waals surface area contributed by atoms with Crippen LogP contribution in [0.2, 0.25) is 0 Å². The standard InChI is InChI=1S/C22H29N3O2/c1-15(21(27)24-19-12-8-17(9-13-19)20(23)26)25(5)14-16-6-10-18(11-7-16)22(2,3)4/h6-13,15H,14H2,1-5H3,(H2,23,26)(H,24,27)/t15-/m1/s1. The summed E-state index contributed by atoms with van der Waals surface area (Å²) >= 11 is 0. The number of benzene rings is 2. The minimum atomic E-state index is -0.488. The number of anilines is 1. The van der Waals surface area contributed by atoms with Crippen molar-refractivity contribution >= 4 is 17.5 Å². The topological polar surface area (TPSA) is 75.4 Å². The van der Waals surface area contributed by atoms with Crippen LogP contribution in [-0.4, -0.2) is 29.8 Å². The molecule has 2 aromatic carbocycles. The molecule has 0 fully saturated rings. The molecule has 1 atom stereocenters. The van der Waals surface area contributed by atoms with Crippen molar-refractivity contribution in [2.24, 2.45) is 5.73 Å². The lowest BCUT2D eigenvalue weighted by Gasteiger charge is -2.25. The van der Waals surface area contributed by atoms with Gasteiger partial charge in [-0.3, -0.25) is 14.5 Å². The Morgan fingerprint density at radius 1 is 1.04 bits per heavy atom. The molecular weight excluding hydrogens is 338 g/mol. The molecule has 2 amide bonds. The third kappa shape index (κ3) is 5.66. The quantitative estimate of drug-likeness (QED) is 0.820. The maximum atomic E-state index is 12.5. The van der Waals surface area contributed by atoms with Crippen molar-refractivity contribution in [3.05, 3.63) is 65.2 Å². The first-order chi connectivity index (χ1) is 12.6. The highest BCUT2D eigenvalue weighted by Gasteiger charge is 2.19. The molecule has 0 unspecified atom stereocenters. The molecule has 0 aliphatic rings. The Balaban J connectivity index is 1.96. The van der Waals surface area contributed by atoms with Crippen molar-refractivity contribution < 1.29 is 9.59 Å². The van der Waals surface area contributed by atoms with E-state index in [1.54, 1.807) is 24.3 Å². The molecule has 5 nitrogen and oxygen atoms in total. The van der Waals surface area contributed by atoms with Crippen LogP contribution in [0, 0.1) is 0 Å². The Bertz CT molecular complexity index is 790. The molecule has 0 radical (unpaired) electrons. The zero-order chi connectivity index (χ0) is 20.2. The molecule has 0 heterocycles. The van der Waals surface area contributed by atoms with Crippen LogP contribution in [0.1, 0.15) is 49.2 Å². The van der Waals surface area contributed by atoms with Gasteiger partial charge in [-0.25, -0.2) is 0 Å². The number of nitrogens with one attached hydrogen (secondary N) is 1. The number of carbonyl (C=O) groups excluding carboxylic acids is 2. The third-order valence-corrected chi connectivity index (χ3v) is 4.73. The molecule has 0 aliphatic heterocycles. The van der Waals surface area contributed by atoms with Crippen LogP contribution in [0.3, 0.4) is 0 Å². The summed E-state index contributed by atoms with van der Waals surface area (Å²) in [5.41, 5.74) is 8.86. The van der Waals surface area contributed by atoms with Gasteiger partial charge in [0, 0.05) is 17.8 Å². The summed E-state index contributed by atoms with van der Waals surface area (Å²) in [6, 6.07) is 14.8. The highest BCUT2D eigenvalue weighted by Crippen LogP contribution is 2.22. The van der Waals surface area contributed by atoms with Crippen molar-refractivity contribution in [2.75, 3.05) is 12.4 Å². The fourth-order valence-corrected chi connectivity index (χ4v) is 2.70. The van der Waals surface area contributed by atoms with Crippen LogP contribution < -0.4 is 11.1 Å². The lowest BCUT2D eigenvalue weighted by molar-refractivity contribution is -0.120. The van der Waals surface area contributed by atoms with Gasteiger partial charge in [0.2, 0.25) is 11.8 Å². The van der Waals surface area contributed by atoms with Crippen LogP contribution in [0.15, 0.2) is 48.5 Å². The Morgan fingerprint density at radius 3 is 2.07 bits per heavy atom. The molecule has 0 aliphatic carbocycles. The fourth-order valence-electron chi connectivity index (χ4n) is 2.70. The maximum absolute atomic E-state index is 12.5. The Labute approximate surface area is 161 Å². The van der Waals surface area contributed by atoms with E-state index in [-0.39, 0.29) is 17.4 Å². The van der Waals surface area contributed by atoms with Gasteiger partial charge in [0.25, 0.3) is 0 Å². The smallest absolute Gasteiger partial charge is 0.248 e. The van der Waals surface area contributed by atoms with Crippen LogP contribution >= 0.6 is 0 Å². The van der Waals surface area contributed by atoms with Gasteiger partial charge in [0.15, 0.2) is 0 Å². The molecular formula is C22H29N3O2. The first kappa shape index (κ1) is 20.6. The van der Waals surface area contributed by atoms with Crippen molar-refractivity contribution in [1.29, 1.82) is 0 Å². The average Bonchev–Trinajstić information content (AvgIpc) is 2.61. The fraction of sp³-hybridized carbons (Fsp3) is 0.364. The first-order valence-electron chi connectivity index (χ1n) is 9.08. The van der Waals surface area contributed by atoms with Crippen molar-refractivity contribution in [1.82, 2.24) is 4.90 Å². The molecule has 0 spiro atoms. The van der Waals surface area contributed by atoms with E-state index in [4.69, 9.17) is 5.73 Å². The summed E-state index contributed by atoms with van der Waals surface area (Å²) in [4.78, 5) is 25.6. The largest absolute Gasteiger partial charge is 0.366 e. The minimum Gasteiger partial charge on any atom is -0.366 e. The van der Waals surface area contributed by atoms with Gasteiger partial charge in [-0.15, -0.1) is 0 Å². The molecule has 2 aromatic rings. The average molecular weight is 367 g/mol. The number of hydrogen-bond donors (Lipinski definition) is 2. The van der Waals surface area contributed by atoms with E-state index < -0.39 is 5.91 Å². The zero-order valence-electron chi connectivity index (χ0n) is 16.7. The summed E-state index contributed by atoms with van der Waals surface area (Å²) in [7, 11) is 1.93. The van der Waals surface area contributed by atoms with E-state index in [0.29, 0.717) is 17.8 Å².